The van der Waals surface area contributed by atoms with Crippen molar-refractivity contribution in [2.75, 3.05) is 42.9 Å². The standard InChI is InChI=1S/C39H42F3N5O3/c1-2-36(48)44-32-9-4-7-30(21-32)39(41,42)28-12-14-33(15-13-28)47-23-26(24-47)22-46-18-16-27(17-19-46)38(25-43,29-6-3-8-31(40)20-29)34-10-5-11-35(34)45-37(49)50/h2-4,6-9,12-15,20-21,26-27,34-35,45H,1,5,10-11,16-19,22-24H2,(H,44,48)(H,49,50)/t34-,35-,38-/m0/s1. The Morgan fingerprint density at radius 1 is 0.960 bits per heavy atom. The van der Waals surface area contributed by atoms with Crippen molar-refractivity contribution in [3.63, 3.8) is 0 Å². The number of nitriles is 1. The molecule has 1 aliphatic carbocycles. The van der Waals surface area contributed by atoms with Crippen LogP contribution in [0.5, 0.6) is 0 Å². The number of carboxylic acid groups (broad SMARTS) is 1. The minimum atomic E-state index is -3.25. The van der Waals surface area contributed by atoms with Crippen LogP contribution in [0.15, 0.2) is 85.5 Å². The molecular formula is C39H42F3N5O3. The van der Waals surface area contributed by atoms with Crippen LogP contribution in [-0.2, 0) is 16.1 Å². The molecule has 8 nitrogen and oxygen atoms in total. The second kappa shape index (κ2) is 14.6. The van der Waals surface area contributed by atoms with Crippen molar-refractivity contribution in [3.05, 3.63) is 108 Å². The van der Waals surface area contributed by atoms with E-state index in [1.54, 1.807) is 24.3 Å². The Balaban J connectivity index is 1.06. The van der Waals surface area contributed by atoms with Gasteiger partial charge in [0.2, 0.25) is 5.91 Å². The Morgan fingerprint density at radius 3 is 2.32 bits per heavy atom. The monoisotopic (exact) mass is 685 g/mol. The number of hydrogen-bond acceptors (Lipinski definition) is 5. The van der Waals surface area contributed by atoms with Crippen molar-refractivity contribution in [3.8, 4) is 6.07 Å². The Hall–Kier alpha value is -4.82. The molecule has 1 saturated carbocycles. The predicted octanol–water partition coefficient (Wildman–Crippen LogP) is 7.14. The van der Waals surface area contributed by atoms with E-state index in [0.717, 1.165) is 63.7 Å². The summed E-state index contributed by atoms with van der Waals surface area (Å²) < 4.78 is 45.4. The number of hydrogen-bond donors (Lipinski definition) is 3. The van der Waals surface area contributed by atoms with Gasteiger partial charge in [0.05, 0.1) is 11.5 Å². The molecule has 3 aromatic carbocycles. The third kappa shape index (κ3) is 7.08. The third-order valence-electron chi connectivity index (χ3n) is 10.9. The first-order valence-electron chi connectivity index (χ1n) is 17.2. The second-order valence-electron chi connectivity index (χ2n) is 13.8. The summed E-state index contributed by atoms with van der Waals surface area (Å²) >= 11 is 0. The van der Waals surface area contributed by atoms with E-state index in [9.17, 15) is 24.3 Å². The van der Waals surface area contributed by atoms with Crippen LogP contribution in [0.3, 0.4) is 0 Å². The molecule has 0 aromatic heterocycles. The number of likely N-dealkylation sites (tertiary alicyclic amines) is 1. The summed E-state index contributed by atoms with van der Waals surface area (Å²) in [5.74, 6) is -4.01. The van der Waals surface area contributed by atoms with Crippen LogP contribution >= 0.6 is 0 Å². The number of alkyl halides is 2. The van der Waals surface area contributed by atoms with Gasteiger partial charge in [-0.2, -0.15) is 14.0 Å². The largest absolute Gasteiger partial charge is 0.465 e. The lowest BCUT2D eigenvalue weighted by Crippen LogP contribution is -2.55. The number of carbonyl (C=O) groups is 2. The van der Waals surface area contributed by atoms with Gasteiger partial charge >= 0.3 is 6.09 Å². The zero-order valence-corrected chi connectivity index (χ0v) is 27.8. The van der Waals surface area contributed by atoms with Crippen molar-refractivity contribution in [1.82, 2.24) is 10.2 Å². The zero-order valence-electron chi connectivity index (χ0n) is 27.8. The van der Waals surface area contributed by atoms with Gasteiger partial charge in [0.15, 0.2) is 0 Å². The lowest BCUT2D eigenvalue weighted by molar-refractivity contribution is -0.111. The highest BCUT2D eigenvalue weighted by Crippen LogP contribution is 2.50. The topological polar surface area (TPSA) is 109 Å². The van der Waals surface area contributed by atoms with Crippen LogP contribution in [0.1, 0.15) is 48.8 Å². The van der Waals surface area contributed by atoms with Gasteiger partial charge in [0.1, 0.15) is 5.82 Å². The summed E-state index contributed by atoms with van der Waals surface area (Å²) in [4.78, 5) is 27.8. The normalized spacial score (nSPS) is 21.4. The first-order valence-corrected chi connectivity index (χ1v) is 17.2. The van der Waals surface area contributed by atoms with Gasteiger partial charge in [-0.25, -0.2) is 9.18 Å². The number of nitrogens with zero attached hydrogens (tertiary/aromatic N) is 3. The molecule has 262 valence electrons. The molecule has 3 N–H and O–H groups in total. The summed E-state index contributed by atoms with van der Waals surface area (Å²) in [5, 5.41) is 25.5. The van der Waals surface area contributed by atoms with E-state index in [0.29, 0.717) is 24.3 Å². The summed E-state index contributed by atoms with van der Waals surface area (Å²) in [5.41, 5.74) is 0.419. The van der Waals surface area contributed by atoms with Gasteiger partial charge in [-0.1, -0.05) is 49.4 Å². The molecule has 3 fully saturated rings. The average Bonchev–Trinajstić information content (AvgIpc) is 3.55. The maximum absolute atomic E-state index is 15.4. The first kappa shape index (κ1) is 35.0. The van der Waals surface area contributed by atoms with E-state index in [4.69, 9.17) is 0 Å². The van der Waals surface area contributed by atoms with Crippen LogP contribution in [-0.4, -0.2) is 60.8 Å². The molecule has 3 aromatic rings. The number of halogens is 3. The minimum absolute atomic E-state index is 0.0466. The van der Waals surface area contributed by atoms with E-state index in [2.05, 4.69) is 33.1 Å². The molecule has 2 heterocycles. The highest BCUT2D eigenvalue weighted by Gasteiger charge is 2.52. The number of rotatable bonds is 11. The maximum atomic E-state index is 15.4. The van der Waals surface area contributed by atoms with Crippen LogP contribution in [0.4, 0.5) is 29.3 Å². The molecule has 2 saturated heterocycles. The molecule has 2 amide bonds. The van der Waals surface area contributed by atoms with Gasteiger partial charge in [-0.15, -0.1) is 0 Å². The number of amides is 2. The van der Waals surface area contributed by atoms with Gasteiger partial charge in [0, 0.05) is 60.0 Å². The molecule has 3 aliphatic rings. The fourth-order valence-electron chi connectivity index (χ4n) is 8.44. The van der Waals surface area contributed by atoms with Crippen LogP contribution in [0.25, 0.3) is 0 Å². The molecule has 3 atom stereocenters. The quantitative estimate of drug-likeness (QED) is 0.185. The molecule has 0 bridgehead atoms. The van der Waals surface area contributed by atoms with Crippen molar-refractivity contribution in [1.29, 1.82) is 5.26 Å². The molecular weight excluding hydrogens is 643 g/mol. The average molecular weight is 686 g/mol. The van der Waals surface area contributed by atoms with Crippen molar-refractivity contribution in [2.24, 2.45) is 17.8 Å². The van der Waals surface area contributed by atoms with Gasteiger partial charge in [0.25, 0.3) is 5.92 Å². The maximum Gasteiger partial charge on any atom is 0.404 e. The first-order chi connectivity index (χ1) is 24.0. The van der Waals surface area contributed by atoms with E-state index in [1.807, 2.05) is 6.07 Å². The Kier molecular flexibility index (Phi) is 10.2. The SMILES string of the molecule is C=CC(=O)Nc1cccc(C(F)(F)c2ccc(N3CC(CN4CCC([C@@](C#N)(c5cccc(F)c5)[C@H]5CCC[C@@H]5NC(=O)O)CC4)C3)cc2)c1. The van der Waals surface area contributed by atoms with Crippen molar-refractivity contribution >= 4 is 23.4 Å². The third-order valence-corrected chi connectivity index (χ3v) is 10.9. The molecule has 2 aliphatic heterocycles. The molecule has 0 unspecified atom stereocenters. The summed E-state index contributed by atoms with van der Waals surface area (Å²) in [7, 11) is 0. The van der Waals surface area contributed by atoms with Gasteiger partial charge in [-0.3, -0.25) is 4.79 Å². The van der Waals surface area contributed by atoms with E-state index >= 15 is 8.78 Å². The molecule has 0 spiro atoms. The minimum Gasteiger partial charge on any atom is -0.465 e. The predicted molar refractivity (Wildman–Crippen MR) is 186 cm³/mol. The van der Waals surface area contributed by atoms with Gasteiger partial charge < -0.3 is 25.5 Å². The zero-order chi connectivity index (χ0) is 35.5. The Bertz CT molecular complexity index is 1750. The van der Waals surface area contributed by atoms with E-state index in [1.165, 1.54) is 42.5 Å². The van der Waals surface area contributed by atoms with Crippen LogP contribution in [0, 0.1) is 34.9 Å². The Labute approximate surface area is 290 Å². The van der Waals surface area contributed by atoms with E-state index in [-0.39, 0.29) is 34.7 Å². The highest BCUT2D eigenvalue weighted by atomic mass is 19.3. The number of carbonyl (C=O) groups excluding carboxylic acids is 1. The number of anilines is 2. The lowest BCUT2D eigenvalue weighted by atomic mass is 9.59. The lowest BCUT2D eigenvalue weighted by Gasteiger charge is -2.48. The summed E-state index contributed by atoms with van der Waals surface area (Å²) in [6.45, 7) is 7.44. The fourth-order valence-corrected chi connectivity index (χ4v) is 8.44. The van der Waals surface area contributed by atoms with E-state index < -0.39 is 29.2 Å². The Morgan fingerprint density at radius 2 is 1.66 bits per heavy atom. The molecule has 0 radical (unpaired) electrons. The van der Waals surface area contributed by atoms with Gasteiger partial charge in [-0.05, 0) is 92.7 Å². The number of piperidine rings is 1. The molecule has 11 heteroatoms. The fraction of sp³-hybridized carbons (Fsp3) is 0.410. The second-order valence-corrected chi connectivity index (χ2v) is 13.8. The smallest absolute Gasteiger partial charge is 0.404 e. The van der Waals surface area contributed by atoms with Crippen LogP contribution < -0.4 is 15.5 Å². The number of nitrogens with one attached hydrogen (secondary N) is 2. The summed E-state index contributed by atoms with van der Waals surface area (Å²) in [6.07, 6.45) is 3.63. The number of benzene rings is 3. The van der Waals surface area contributed by atoms with Crippen LogP contribution in [0.2, 0.25) is 0 Å². The molecule has 6 rings (SSSR count). The molecule has 50 heavy (non-hydrogen) atoms. The van der Waals surface area contributed by atoms with Crippen molar-refractivity contribution in [2.45, 2.75) is 49.5 Å². The highest BCUT2D eigenvalue weighted by molar-refractivity contribution is 5.98. The van der Waals surface area contributed by atoms with Crippen molar-refractivity contribution < 1.29 is 27.9 Å². The summed E-state index contributed by atoms with van der Waals surface area (Å²) in [6, 6.07) is 20.5.